The number of hydrogen-bond acceptors (Lipinski definition) is 6. The molecule has 0 aliphatic carbocycles. The van der Waals surface area contributed by atoms with Gasteiger partial charge in [-0.25, -0.2) is 12.4 Å². The van der Waals surface area contributed by atoms with E-state index in [1.807, 2.05) is 60.7 Å². The Balaban J connectivity index is 1.40. The van der Waals surface area contributed by atoms with Crippen LogP contribution in [-0.2, 0) is 10.0 Å². The summed E-state index contributed by atoms with van der Waals surface area (Å²) in [5, 5.41) is 3.51. The van der Waals surface area contributed by atoms with E-state index < -0.39 is 10.0 Å². The zero-order valence-electron chi connectivity index (χ0n) is 24.0. The summed E-state index contributed by atoms with van der Waals surface area (Å²) < 4.78 is 53.9. The number of rotatable bonds is 7. The van der Waals surface area contributed by atoms with Gasteiger partial charge in [-0.05, 0) is 97.1 Å². The normalized spacial score (nSPS) is 11.9. The Morgan fingerprint density at radius 3 is 1.19 bits per heavy atom. The minimum atomic E-state index is -3.98. The molecule has 216 valence electrons. The molecule has 43 heavy (non-hydrogen) atoms. The molecule has 9 heteroatoms. The lowest BCUT2D eigenvalue weighted by atomic mass is 10.1. The molecule has 0 aliphatic rings. The van der Waals surface area contributed by atoms with Crippen molar-refractivity contribution in [2.75, 3.05) is 28.4 Å². The van der Waals surface area contributed by atoms with E-state index in [1.165, 1.54) is 3.97 Å². The van der Waals surface area contributed by atoms with Gasteiger partial charge in [0.05, 0.1) is 55.4 Å². The molecule has 2 heterocycles. The highest BCUT2D eigenvalue weighted by Crippen LogP contribution is 2.38. The summed E-state index contributed by atoms with van der Waals surface area (Å²) in [6.45, 7) is 0. The Bertz CT molecular complexity index is 2180. The minimum absolute atomic E-state index is 0.172. The highest BCUT2D eigenvalue weighted by atomic mass is 32.2. The van der Waals surface area contributed by atoms with Crippen LogP contribution in [0.4, 0.5) is 0 Å². The topological polar surface area (TPSA) is 80.9 Å². The van der Waals surface area contributed by atoms with Crippen molar-refractivity contribution in [1.29, 1.82) is 0 Å². The molecule has 0 radical (unpaired) electrons. The van der Waals surface area contributed by atoms with Crippen molar-refractivity contribution in [2.45, 2.75) is 4.90 Å². The second-order valence-corrected chi connectivity index (χ2v) is 11.9. The number of nitrogens with zero attached hydrogens (tertiary/aromatic N) is 2. The van der Waals surface area contributed by atoms with Crippen LogP contribution < -0.4 is 18.9 Å². The van der Waals surface area contributed by atoms with Crippen molar-refractivity contribution < 1.29 is 27.4 Å². The van der Waals surface area contributed by atoms with Crippen LogP contribution in [0.1, 0.15) is 0 Å². The van der Waals surface area contributed by atoms with Gasteiger partial charge in [-0.2, -0.15) is 0 Å². The third-order valence-electron chi connectivity index (χ3n) is 7.95. The molecule has 0 bridgehead atoms. The Kier molecular flexibility index (Phi) is 6.21. The fourth-order valence-electron chi connectivity index (χ4n) is 5.84. The fourth-order valence-corrected chi connectivity index (χ4v) is 7.37. The van der Waals surface area contributed by atoms with Crippen molar-refractivity contribution in [3.63, 3.8) is 0 Å². The quantitative estimate of drug-likeness (QED) is 0.195. The van der Waals surface area contributed by atoms with Gasteiger partial charge in [0.25, 0.3) is 10.0 Å². The van der Waals surface area contributed by atoms with Crippen LogP contribution in [0.15, 0.2) is 102 Å². The second kappa shape index (κ2) is 9.99. The maximum Gasteiger partial charge on any atom is 0.268 e. The first kappa shape index (κ1) is 26.7. The van der Waals surface area contributed by atoms with E-state index in [-0.39, 0.29) is 4.90 Å². The van der Waals surface area contributed by atoms with Gasteiger partial charge < -0.3 is 23.5 Å². The van der Waals surface area contributed by atoms with E-state index in [4.69, 9.17) is 18.9 Å². The summed E-state index contributed by atoms with van der Waals surface area (Å²) in [6.07, 6.45) is 0. The lowest BCUT2D eigenvalue weighted by Gasteiger charge is -2.12. The molecule has 0 unspecified atom stereocenters. The molecule has 0 fully saturated rings. The van der Waals surface area contributed by atoms with Crippen LogP contribution in [0.2, 0.25) is 0 Å². The van der Waals surface area contributed by atoms with Gasteiger partial charge in [-0.1, -0.05) is 0 Å². The third-order valence-corrected chi connectivity index (χ3v) is 9.69. The van der Waals surface area contributed by atoms with Crippen molar-refractivity contribution in [2.24, 2.45) is 0 Å². The first-order valence-electron chi connectivity index (χ1n) is 13.6. The molecule has 2 aromatic heterocycles. The fraction of sp³-hybridized carbons (Fsp3) is 0.118. The van der Waals surface area contributed by atoms with Crippen molar-refractivity contribution in [1.82, 2.24) is 8.54 Å². The van der Waals surface area contributed by atoms with Crippen LogP contribution in [-0.4, -0.2) is 45.4 Å². The molecule has 0 spiro atoms. The lowest BCUT2D eigenvalue weighted by molar-refractivity contribution is 0.415. The Morgan fingerprint density at radius 2 is 0.814 bits per heavy atom. The molecule has 7 aromatic rings. The maximum absolute atomic E-state index is 14.3. The molecule has 8 nitrogen and oxygen atoms in total. The summed E-state index contributed by atoms with van der Waals surface area (Å²) in [6, 6.07) is 29.6. The van der Waals surface area contributed by atoms with Crippen LogP contribution in [0.3, 0.4) is 0 Å². The zero-order valence-corrected chi connectivity index (χ0v) is 24.8. The predicted octanol–water partition coefficient (Wildman–Crippen LogP) is 7.16. The average Bonchev–Trinajstić information content (AvgIpc) is 3.56. The van der Waals surface area contributed by atoms with Crippen LogP contribution in [0.5, 0.6) is 23.0 Å². The van der Waals surface area contributed by atoms with Crippen molar-refractivity contribution >= 4 is 53.6 Å². The summed E-state index contributed by atoms with van der Waals surface area (Å²) in [4.78, 5) is 0.172. The SMILES string of the molecule is COc1ccc2c(c1)c1cc(OC)ccc1n2-c1ccc(S(=O)(=O)n2c3ccc(OC)cc3c3cc(OC)ccc32)cc1. The van der Waals surface area contributed by atoms with Gasteiger partial charge in [-0.15, -0.1) is 0 Å². The van der Waals surface area contributed by atoms with E-state index in [1.54, 1.807) is 64.8 Å². The van der Waals surface area contributed by atoms with Gasteiger partial charge in [0.1, 0.15) is 23.0 Å². The third kappa shape index (κ3) is 4.07. The van der Waals surface area contributed by atoms with E-state index >= 15 is 0 Å². The average molecular weight is 593 g/mol. The minimum Gasteiger partial charge on any atom is -0.497 e. The highest BCUT2D eigenvalue weighted by molar-refractivity contribution is 7.90. The standard InChI is InChI=1S/C34H28N2O6S/c1-39-22-7-13-31-27(17-22)28-18-23(40-2)8-14-32(28)35(31)21-5-11-26(12-6-21)43(37,38)36-33-15-9-24(41-3)19-29(33)30-20-25(42-4)10-16-34(30)36/h5-20H,1-4H3. The van der Waals surface area contributed by atoms with Crippen LogP contribution in [0, 0.1) is 0 Å². The summed E-state index contributed by atoms with van der Waals surface area (Å²) in [7, 11) is 2.48. The van der Waals surface area contributed by atoms with Crippen molar-refractivity contribution in [3.8, 4) is 28.7 Å². The predicted molar refractivity (Wildman–Crippen MR) is 169 cm³/mol. The van der Waals surface area contributed by atoms with Gasteiger partial charge >= 0.3 is 0 Å². The number of methoxy groups -OCH3 is 4. The molecule has 0 aliphatic heterocycles. The monoisotopic (exact) mass is 592 g/mol. The Labute approximate surface area is 248 Å². The molecular formula is C34H28N2O6S. The number of hydrogen-bond donors (Lipinski definition) is 0. The number of aromatic nitrogens is 2. The lowest BCUT2D eigenvalue weighted by Crippen LogP contribution is -2.13. The van der Waals surface area contributed by atoms with Gasteiger partial charge in [0, 0.05) is 27.2 Å². The van der Waals surface area contributed by atoms with E-state index in [0.29, 0.717) is 22.5 Å². The van der Waals surface area contributed by atoms with Crippen LogP contribution in [0.25, 0.3) is 49.3 Å². The summed E-state index contributed by atoms with van der Waals surface area (Å²) >= 11 is 0. The molecule has 0 amide bonds. The molecule has 0 saturated carbocycles. The molecule has 0 atom stereocenters. The smallest absolute Gasteiger partial charge is 0.268 e. The van der Waals surface area contributed by atoms with Crippen LogP contribution >= 0.6 is 0 Å². The number of benzene rings is 5. The van der Waals surface area contributed by atoms with Gasteiger partial charge in [-0.3, -0.25) is 0 Å². The number of ether oxygens (including phenoxy) is 4. The largest absolute Gasteiger partial charge is 0.497 e. The molecule has 0 saturated heterocycles. The van der Waals surface area contributed by atoms with Crippen molar-refractivity contribution in [3.05, 3.63) is 97.1 Å². The first-order chi connectivity index (χ1) is 20.9. The molecular weight excluding hydrogens is 564 g/mol. The number of fused-ring (bicyclic) bond motifs is 6. The van der Waals surface area contributed by atoms with E-state index in [9.17, 15) is 8.42 Å². The van der Waals surface area contributed by atoms with Gasteiger partial charge in [0.15, 0.2) is 0 Å². The molecule has 7 rings (SSSR count). The van der Waals surface area contributed by atoms with E-state index in [2.05, 4.69) is 4.57 Å². The molecule has 0 N–H and O–H groups in total. The highest BCUT2D eigenvalue weighted by Gasteiger charge is 2.24. The molecule has 5 aromatic carbocycles. The Hall–Kier alpha value is -5.15. The second-order valence-electron chi connectivity index (χ2n) is 10.1. The van der Waals surface area contributed by atoms with Gasteiger partial charge in [0.2, 0.25) is 0 Å². The Morgan fingerprint density at radius 1 is 0.465 bits per heavy atom. The van der Waals surface area contributed by atoms with E-state index in [0.717, 1.165) is 49.8 Å². The summed E-state index contributed by atoms with van der Waals surface area (Å²) in [5.74, 6) is 2.77. The first-order valence-corrected chi connectivity index (χ1v) is 15.0. The maximum atomic E-state index is 14.3. The summed E-state index contributed by atoms with van der Waals surface area (Å²) in [5.41, 5.74) is 3.86. The zero-order chi connectivity index (χ0) is 29.9.